The first-order valence-electron chi connectivity index (χ1n) is 19.8. The topological polar surface area (TPSA) is 130 Å². The van der Waals surface area contributed by atoms with Gasteiger partial charge in [-0.1, -0.05) is 90.5 Å². The van der Waals surface area contributed by atoms with E-state index in [1.807, 2.05) is 129 Å². The van der Waals surface area contributed by atoms with Crippen LogP contribution in [0.25, 0.3) is 0 Å². The molecule has 59 heavy (non-hydrogen) atoms. The number of rotatable bonds is 10. The molecule has 1 aromatic heterocycles. The van der Waals surface area contributed by atoms with Crippen LogP contribution in [-0.2, 0) is 28.2 Å². The summed E-state index contributed by atoms with van der Waals surface area (Å²) in [5, 5.41) is 19.5. The summed E-state index contributed by atoms with van der Waals surface area (Å²) in [6, 6.07) is 37.5. The number of carbonyl (C=O) groups excluding carboxylic acids is 2. The molecule has 5 atom stereocenters. The number of anilines is 3. The summed E-state index contributed by atoms with van der Waals surface area (Å²) >= 11 is 6.65. The Kier molecular flexibility index (Phi) is 10.0. The molecule has 5 aromatic carbocycles. The fourth-order valence-electron chi connectivity index (χ4n) is 9.37. The molecule has 0 aliphatic carbocycles. The van der Waals surface area contributed by atoms with Crippen LogP contribution in [0.3, 0.4) is 0 Å². The lowest BCUT2D eigenvalue weighted by atomic mass is 9.82. The molecule has 1 unspecified atom stereocenters. The molecular formula is C46H44ClN5O6Si. The molecule has 3 aliphatic heterocycles. The van der Waals surface area contributed by atoms with Crippen molar-refractivity contribution in [1.29, 1.82) is 0 Å². The van der Waals surface area contributed by atoms with Gasteiger partial charge in [-0.25, -0.2) is 0 Å². The lowest BCUT2D eigenvalue weighted by molar-refractivity contribution is -0.146. The Labute approximate surface area is 348 Å². The normalized spacial score (nSPS) is 21.6. The molecule has 11 nitrogen and oxygen atoms in total. The van der Waals surface area contributed by atoms with Gasteiger partial charge in [0.15, 0.2) is 19.7 Å². The number of hydrogen-bond acceptors (Lipinski definition) is 8. The maximum absolute atomic E-state index is 15.1. The van der Waals surface area contributed by atoms with E-state index in [1.54, 1.807) is 32.7 Å². The Morgan fingerprint density at radius 2 is 1.59 bits per heavy atom. The van der Waals surface area contributed by atoms with E-state index in [9.17, 15) is 14.7 Å². The van der Waals surface area contributed by atoms with E-state index >= 15 is 4.79 Å². The van der Waals surface area contributed by atoms with Gasteiger partial charge in [0.2, 0.25) is 0 Å². The third kappa shape index (κ3) is 6.74. The summed E-state index contributed by atoms with van der Waals surface area (Å²) in [5.41, 5.74) is 3.91. The van der Waals surface area contributed by atoms with E-state index in [-0.39, 0.29) is 42.3 Å². The quantitative estimate of drug-likeness (QED) is 0.132. The second-order valence-electron chi connectivity index (χ2n) is 16.1. The van der Waals surface area contributed by atoms with Gasteiger partial charge in [-0.15, -0.1) is 5.10 Å². The van der Waals surface area contributed by atoms with Crippen LogP contribution >= 0.6 is 11.6 Å². The standard InChI is InChI=1S/C46H44ClN5O6Si/c1-29-43(59(2,3)56)42(23-24-50-27-37(48-49-50)35(28-53)31-11-5-4-6-12-31)58-46(29)36-25-32(47)19-22-38(36)51(45(46)55)26-30-17-20-33(21-18-30)52-39-14-8-10-16-41(39)57-40-15-9-7-13-34(40)44(52)54/h4-22,25,27,29,35,42-43,53,56H,23-24,26,28H2,1-3H3/t29-,35?,42+,43-,46+/m0/s1. The first-order chi connectivity index (χ1) is 28.5. The molecule has 6 aromatic rings. The minimum Gasteiger partial charge on any atom is -0.454 e. The molecule has 13 heteroatoms. The molecule has 4 heterocycles. The van der Waals surface area contributed by atoms with Crippen molar-refractivity contribution < 1.29 is 29.0 Å². The average Bonchev–Trinajstić information content (AvgIpc) is 3.86. The molecular weight excluding hydrogens is 782 g/mol. The zero-order chi connectivity index (χ0) is 41.1. The smallest absolute Gasteiger partial charge is 0.266 e. The number of hydrogen-bond donors (Lipinski definition) is 2. The number of benzene rings is 5. The van der Waals surface area contributed by atoms with Crippen LogP contribution in [0.1, 0.15) is 52.0 Å². The van der Waals surface area contributed by atoms with Crippen LogP contribution in [0.15, 0.2) is 128 Å². The average molecular weight is 826 g/mol. The van der Waals surface area contributed by atoms with E-state index in [0.717, 1.165) is 11.1 Å². The molecule has 2 N–H and O–H groups in total. The monoisotopic (exact) mass is 825 g/mol. The highest BCUT2D eigenvalue weighted by Crippen LogP contribution is 2.60. The molecule has 0 radical (unpaired) electrons. The minimum atomic E-state index is -2.93. The maximum atomic E-state index is 15.1. The summed E-state index contributed by atoms with van der Waals surface area (Å²) < 4.78 is 15.0. The van der Waals surface area contributed by atoms with Crippen molar-refractivity contribution in [3.05, 3.63) is 160 Å². The number of amides is 2. The molecule has 1 spiro atoms. The predicted molar refractivity (Wildman–Crippen MR) is 228 cm³/mol. The number of aryl methyl sites for hydroxylation is 1. The SMILES string of the molecule is C[C@H]1[C@H]([Si](C)(C)O)[C@@H](CCn2cc(C(CO)c3ccccc3)nn2)O[C@]12C(=O)N(Cc1ccc(N3C(=O)c4ccccc4Oc4ccccc43)cc1)c1ccc(Cl)cc12. The number of ether oxygens (including phenoxy) is 2. The second-order valence-corrected chi connectivity index (χ2v) is 20.5. The number of fused-ring (bicyclic) bond motifs is 4. The molecule has 2 amide bonds. The summed E-state index contributed by atoms with van der Waals surface area (Å²) in [5.74, 6) is -0.0465. The van der Waals surface area contributed by atoms with Crippen LogP contribution in [-0.4, -0.2) is 57.7 Å². The molecule has 9 rings (SSSR count). The highest BCUT2D eigenvalue weighted by Gasteiger charge is 2.66. The highest BCUT2D eigenvalue weighted by atomic mass is 35.5. The van der Waals surface area contributed by atoms with E-state index < -0.39 is 20.0 Å². The lowest BCUT2D eigenvalue weighted by Gasteiger charge is -2.32. The van der Waals surface area contributed by atoms with E-state index in [4.69, 9.17) is 21.1 Å². The van der Waals surface area contributed by atoms with Crippen LogP contribution in [0.5, 0.6) is 11.5 Å². The number of aliphatic hydroxyl groups excluding tert-OH is 1. The maximum Gasteiger partial charge on any atom is 0.266 e. The second kappa shape index (κ2) is 15.2. The predicted octanol–water partition coefficient (Wildman–Crippen LogP) is 8.57. The van der Waals surface area contributed by atoms with Gasteiger partial charge in [0, 0.05) is 40.5 Å². The van der Waals surface area contributed by atoms with Crippen LogP contribution in [0.2, 0.25) is 23.7 Å². The Bertz CT molecular complexity index is 2550. The van der Waals surface area contributed by atoms with Crippen molar-refractivity contribution in [3.8, 4) is 11.5 Å². The third-order valence-corrected chi connectivity index (χ3v) is 14.8. The molecule has 0 bridgehead atoms. The first kappa shape index (κ1) is 38.9. The number of nitrogens with zero attached hydrogens (tertiary/aromatic N) is 5. The Balaban J connectivity index is 0.993. The van der Waals surface area contributed by atoms with E-state index in [1.165, 1.54) is 0 Å². The van der Waals surface area contributed by atoms with Crippen LogP contribution < -0.4 is 14.5 Å². The molecule has 300 valence electrons. The number of aromatic nitrogens is 3. The third-order valence-electron chi connectivity index (χ3n) is 12.1. The fourth-order valence-corrected chi connectivity index (χ4v) is 12.1. The molecule has 1 fully saturated rings. The van der Waals surface area contributed by atoms with Crippen molar-refractivity contribution in [1.82, 2.24) is 15.0 Å². The van der Waals surface area contributed by atoms with E-state index in [2.05, 4.69) is 10.3 Å². The molecule has 1 saturated heterocycles. The van der Waals surface area contributed by atoms with Gasteiger partial charge in [0.25, 0.3) is 11.8 Å². The molecule has 3 aliphatic rings. The zero-order valence-corrected chi connectivity index (χ0v) is 34.7. The summed E-state index contributed by atoms with van der Waals surface area (Å²) in [6.07, 6.45) is 1.85. The molecule has 0 saturated carbocycles. The van der Waals surface area contributed by atoms with Crippen molar-refractivity contribution in [3.63, 3.8) is 0 Å². The largest absolute Gasteiger partial charge is 0.454 e. The fraction of sp³-hybridized carbons (Fsp3) is 0.261. The van der Waals surface area contributed by atoms with Gasteiger partial charge >= 0.3 is 0 Å². The minimum absolute atomic E-state index is 0.108. The Morgan fingerprint density at radius 3 is 2.34 bits per heavy atom. The van der Waals surface area contributed by atoms with Gasteiger partial charge in [0.1, 0.15) is 5.75 Å². The first-order valence-corrected chi connectivity index (χ1v) is 23.3. The van der Waals surface area contributed by atoms with Crippen LogP contribution in [0.4, 0.5) is 17.1 Å². The Hall–Kier alpha value is -5.63. The van der Waals surface area contributed by atoms with E-state index in [0.29, 0.717) is 63.4 Å². The van der Waals surface area contributed by atoms with Crippen LogP contribution in [0, 0.1) is 5.92 Å². The summed E-state index contributed by atoms with van der Waals surface area (Å²) in [6.45, 7) is 6.38. The van der Waals surface area contributed by atoms with Gasteiger partial charge < -0.3 is 24.3 Å². The number of halogens is 1. The van der Waals surface area contributed by atoms with Crippen molar-refractivity contribution >= 4 is 48.8 Å². The number of aliphatic hydroxyl groups is 1. The van der Waals surface area contributed by atoms with Gasteiger partial charge in [-0.2, -0.15) is 0 Å². The highest BCUT2D eigenvalue weighted by molar-refractivity contribution is 6.71. The van der Waals surface area contributed by atoms with Crippen molar-refractivity contribution in [2.75, 3.05) is 16.4 Å². The van der Waals surface area contributed by atoms with Gasteiger partial charge in [-0.3, -0.25) is 19.2 Å². The summed E-state index contributed by atoms with van der Waals surface area (Å²) in [4.78, 5) is 44.3. The Morgan fingerprint density at radius 1 is 0.881 bits per heavy atom. The summed E-state index contributed by atoms with van der Waals surface area (Å²) in [7, 11) is -2.93. The number of carbonyl (C=O) groups is 2. The number of para-hydroxylation sites is 3. The van der Waals surface area contributed by atoms with Gasteiger partial charge in [0.05, 0.1) is 47.8 Å². The lowest BCUT2D eigenvalue weighted by Crippen LogP contribution is -2.46. The van der Waals surface area contributed by atoms with Crippen molar-refractivity contribution in [2.45, 2.75) is 62.7 Å². The van der Waals surface area contributed by atoms with Crippen molar-refractivity contribution in [2.24, 2.45) is 5.92 Å². The van der Waals surface area contributed by atoms with Gasteiger partial charge in [-0.05, 0) is 85.2 Å². The zero-order valence-electron chi connectivity index (χ0n) is 32.9.